The van der Waals surface area contributed by atoms with Gasteiger partial charge in [0.05, 0.1) is 26.3 Å². The molecule has 0 aromatic heterocycles. The van der Waals surface area contributed by atoms with Gasteiger partial charge in [0.2, 0.25) is 0 Å². The third-order valence-corrected chi connectivity index (χ3v) is 13.3. The fraction of sp³-hybridized carbons (Fsp3) is 0.465. The van der Waals surface area contributed by atoms with Gasteiger partial charge in [0.25, 0.3) is 0 Å². The lowest BCUT2D eigenvalue weighted by atomic mass is 9.49. The van der Waals surface area contributed by atoms with E-state index < -0.39 is 94.2 Å². The fourth-order valence-corrected chi connectivity index (χ4v) is 12.5. The van der Waals surface area contributed by atoms with E-state index in [1.54, 1.807) is 17.0 Å². The monoisotopic (exact) mass is 748 g/mol. The predicted octanol–water partition coefficient (Wildman–Crippen LogP) is 5.99. The van der Waals surface area contributed by atoms with Gasteiger partial charge in [-0.15, -0.1) is 0 Å². The van der Waals surface area contributed by atoms with Crippen LogP contribution in [0.5, 0.6) is 11.5 Å². The minimum atomic E-state index is -1.48. The molecule has 12 heteroatoms. The van der Waals surface area contributed by atoms with E-state index in [0.717, 1.165) is 16.7 Å². The molecule has 10 atom stereocenters. The molecule has 3 aromatic rings. The van der Waals surface area contributed by atoms with Crippen LogP contribution in [0, 0.1) is 23.7 Å². The summed E-state index contributed by atoms with van der Waals surface area (Å²) in [5.74, 6) is -4.66. The van der Waals surface area contributed by atoms with Crippen LogP contribution in [-0.2, 0) is 39.9 Å². The molecule has 4 heterocycles. The first kappa shape index (κ1) is 35.5. The van der Waals surface area contributed by atoms with Gasteiger partial charge >= 0.3 is 30.0 Å². The van der Waals surface area contributed by atoms with Crippen LogP contribution in [0.2, 0.25) is 0 Å². The number of fused-ring (bicyclic) bond motifs is 22. The van der Waals surface area contributed by atoms with Crippen LogP contribution in [-0.4, -0.2) is 70.7 Å². The highest BCUT2D eigenvalue weighted by atomic mass is 16.6. The molecule has 2 aliphatic carbocycles. The second-order valence-electron chi connectivity index (χ2n) is 16.7. The van der Waals surface area contributed by atoms with Gasteiger partial charge in [-0.25, -0.2) is 4.79 Å². The number of rotatable bonds is 6. The number of carbonyl (C=O) groups excluding carboxylic acids is 5. The largest absolute Gasteiger partial charge is 0.468 e. The Morgan fingerprint density at radius 1 is 0.673 bits per heavy atom. The number of esters is 4. The minimum Gasteiger partial charge on any atom is -0.468 e. The number of carbonyl (C=O) groups is 5. The Kier molecular flexibility index (Phi) is 7.66. The van der Waals surface area contributed by atoms with Crippen molar-refractivity contribution >= 4 is 30.0 Å². The highest BCUT2D eigenvalue weighted by Gasteiger charge is 2.92. The number of benzene rings is 3. The van der Waals surface area contributed by atoms with Crippen molar-refractivity contribution in [1.82, 2.24) is 9.80 Å². The molecule has 0 unspecified atom stereocenters. The van der Waals surface area contributed by atoms with Crippen molar-refractivity contribution in [2.24, 2.45) is 23.7 Å². The average molecular weight is 749 g/mol. The minimum absolute atomic E-state index is 0.205. The molecule has 0 radical (unpaired) electrons. The summed E-state index contributed by atoms with van der Waals surface area (Å²) >= 11 is 0. The van der Waals surface area contributed by atoms with Crippen molar-refractivity contribution < 1.29 is 47.7 Å². The number of nitrogens with zero attached hydrogens (tertiary/aromatic N) is 2. The van der Waals surface area contributed by atoms with E-state index >= 15 is 9.59 Å². The van der Waals surface area contributed by atoms with E-state index in [-0.39, 0.29) is 6.54 Å². The Balaban J connectivity index is 1.36. The van der Waals surface area contributed by atoms with Crippen molar-refractivity contribution in [2.75, 3.05) is 14.2 Å². The maximum absolute atomic E-state index is 15.4. The summed E-state index contributed by atoms with van der Waals surface area (Å²) in [7, 11) is 2.74. The van der Waals surface area contributed by atoms with Gasteiger partial charge in [0.15, 0.2) is 0 Å². The fourth-order valence-electron chi connectivity index (χ4n) is 12.5. The van der Waals surface area contributed by atoms with Crippen molar-refractivity contribution in [1.29, 1.82) is 0 Å². The number of amides is 1. The summed E-state index contributed by atoms with van der Waals surface area (Å²) in [6.07, 6.45) is -0.0291. The van der Waals surface area contributed by atoms with E-state index in [0.29, 0.717) is 29.0 Å². The van der Waals surface area contributed by atoms with Crippen molar-refractivity contribution in [3.8, 4) is 11.5 Å². The lowest BCUT2D eigenvalue weighted by molar-refractivity contribution is -0.165. The lowest BCUT2D eigenvalue weighted by Crippen LogP contribution is -2.60. The van der Waals surface area contributed by atoms with Crippen LogP contribution >= 0.6 is 0 Å². The van der Waals surface area contributed by atoms with Gasteiger partial charge in [-0.2, -0.15) is 0 Å². The summed E-state index contributed by atoms with van der Waals surface area (Å²) < 4.78 is 29.6. The van der Waals surface area contributed by atoms with Crippen LogP contribution in [0.25, 0.3) is 0 Å². The summed E-state index contributed by atoms with van der Waals surface area (Å²) in [5.41, 5.74) is 0.243. The van der Waals surface area contributed by atoms with Gasteiger partial charge in [0, 0.05) is 55.2 Å². The Bertz CT molecular complexity index is 2060. The quantitative estimate of drug-likeness (QED) is 0.167. The zero-order valence-electron chi connectivity index (χ0n) is 31.9. The van der Waals surface area contributed by atoms with Crippen molar-refractivity contribution in [3.05, 3.63) is 94.5 Å². The predicted molar refractivity (Wildman–Crippen MR) is 195 cm³/mol. The molecule has 0 spiro atoms. The van der Waals surface area contributed by atoms with E-state index in [1.165, 1.54) is 28.1 Å². The Morgan fingerprint density at radius 3 is 1.55 bits per heavy atom. The summed E-state index contributed by atoms with van der Waals surface area (Å²) in [4.78, 5) is 74.2. The zero-order chi connectivity index (χ0) is 38.9. The summed E-state index contributed by atoms with van der Waals surface area (Å²) in [6.45, 7) is 8.30. The molecule has 1 saturated carbocycles. The molecule has 3 saturated heterocycles. The molecule has 6 aliphatic rings. The number of hydrogen-bond donors (Lipinski definition) is 0. The number of hydrogen-bond acceptors (Lipinski definition) is 11. The third-order valence-electron chi connectivity index (χ3n) is 13.3. The molecule has 1 amide bonds. The Labute approximate surface area is 319 Å². The molecule has 4 aliphatic heterocycles. The maximum atomic E-state index is 15.4. The van der Waals surface area contributed by atoms with Gasteiger partial charge in [-0.1, -0.05) is 54.6 Å². The molecule has 0 N–H and O–H groups in total. The van der Waals surface area contributed by atoms with Gasteiger partial charge in [0.1, 0.15) is 28.2 Å². The average Bonchev–Trinajstić information content (AvgIpc) is 3.96. The highest BCUT2D eigenvalue weighted by Crippen LogP contribution is 2.84. The number of ether oxygens (including phenoxy) is 5. The highest BCUT2D eigenvalue weighted by molar-refractivity contribution is 5.94. The van der Waals surface area contributed by atoms with Gasteiger partial charge < -0.3 is 23.7 Å². The molecule has 9 rings (SSSR count). The van der Waals surface area contributed by atoms with Crippen molar-refractivity contribution in [3.63, 3.8) is 0 Å². The second-order valence-corrected chi connectivity index (χ2v) is 16.7. The van der Waals surface area contributed by atoms with E-state index in [2.05, 4.69) is 4.90 Å². The second kappa shape index (κ2) is 11.9. The molecule has 55 heavy (non-hydrogen) atoms. The van der Waals surface area contributed by atoms with Crippen LogP contribution in [0.15, 0.2) is 66.7 Å². The summed E-state index contributed by atoms with van der Waals surface area (Å²) in [6, 6.07) is 19.5. The van der Waals surface area contributed by atoms with Crippen LogP contribution < -0.4 is 9.47 Å². The van der Waals surface area contributed by atoms with E-state index in [9.17, 15) is 14.4 Å². The lowest BCUT2D eigenvalue weighted by Gasteiger charge is -2.50. The van der Waals surface area contributed by atoms with Gasteiger partial charge in [-0.05, 0) is 67.9 Å². The Morgan fingerprint density at radius 2 is 1.13 bits per heavy atom. The molecule has 286 valence electrons. The Hall–Kier alpha value is -5.23. The molecule has 6 bridgehead atoms. The summed E-state index contributed by atoms with van der Waals surface area (Å²) in [5, 5.41) is 0. The van der Waals surface area contributed by atoms with Crippen LogP contribution in [0.4, 0.5) is 4.79 Å². The smallest absolute Gasteiger partial charge is 0.411 e. The molecular formula is C43H44N2O10. The molecular weight excluding hydrogens is 704 g/mol. The number of methoxy groups -OCH3 is 2. The molecule has 3 aromatic carbocycles. The van der Waals surface area contributed by atoms with E-state index in [4.69, 9.17) is 23.7 Å². The van der Waals surface area contributed by atoms with Crippen molar-refractivity contribution in [2.45, 2.75) is 88.2 Å². The normalized spacial score (nSPS) is 32.7. The third kappa shape index (κ3) is 4.40. The van der Waals surface area contributed by atoms with E-state index in [1.807, 2.05) is 75.4 Å². The molecule has 4 fully saturated rings. The SMILES string of the molecule is COC(=O)[C@]12[C@@H]3[C@@H]([C@H]4c5ccccc5[C@@H]3N4C(=O)OC(C)(C)C)[C@](C(=O)OC)([C@@H]3[C@H]1[C@@H]1C[C@H]3c3c(OC(C)=O)ccc(OC(C)=O)c31)N2Cc1ccccc1. The molecule has 12 nitrogen and oxygen atoms in total. The zero-order valence-corrected chi connectivity index (χ0v) is 31.9. The van der Waals surface area contributed by atoms with Gasteiger partial charge in [-0.3, -0.25) is 29.0 Å². The standard InChI is InChI=1S/C43H44N2O10/c1-21(46)53-28-17-18-29(54-22(2)47)31-27-19-26(30(28)31)32-33(27)43(39(49)52-7)35-34(42(32,38(48)51-6)44(43)20-23-13-9-8-10-14-23)36-24-15-11-12-16-25(24)37(35)45(36)40(50)55-41(3,4)5/h8-18,26-27,32-37H,19-20H2,1-7H3/t26-,27+,32-,33+,34-,35+,36+,37-,42-,43+. The topological polar surface area (TPSA) is 138 Å². The van der Waals surface area contributed by atoms with Crippen LogP contribution in [0.3, 0.4) is 0 Å². The van der Waals surface area contributed by atoms with Crippen LogP contribution in [0.1, 0.15) is 92.8 Å². The first-order valence-corrected chi connectivity index (χ1v) is 18.9. The first-order chi connectivity index (χ1) is 26.2. The first-order valence-electron chi connectivity index (χ1n) is 18.9. The maximum Gasteiger partial charge on any atom is 0.411 e.